The van der Waals surface area contributed by atoms with Crippen molar-refractivity contribution in [2.24, 2.45) is 0 Å². The summed E-state index contributed by atoms with van der Waals surface area (Å²) in [6.07, 6.45) is 1.02. The Morgan fingerprint density at radius 1 is 1.24 bits per heavy atom. The molecule has 0 saturated carbocycles. The Bertz CT molecular complexity index is 599. The summed E-state index contributed by atoms with van der Waals surface area (Å²) < 4.78 is 6.85. The molecule has 0 spiro atoms. The molecule has 2 aromatic carbocycles. The van der Waals surface area contributed by atoms with Gasteiger partial charge in [0.05, 0.1) is 6.61 Å². The van der Waals surface area contributed by atoms with E-state index in [2.05, 4.69) is 64.6 Å². The van der Waals surface area contributed by atoms with Gasteiger partial charge in [0.2, 0.25) is 0 Å². The maximum atomic E-state index is 5.74. The van der Waals surface area contributed by atoms with Gasteiger partial charge in [-0.15, -0.1) is 0 Å². The van der Waals surface area contributed by atoms with Crippen molar-refractivity contribution in [1.29, 1.82) is 0 Å². The predicted octanol–water partition coefficient (Wildman–Crippen LogP) is 4.67. The van der Waals surface area contributed by atoms with E-state index in [9.17, 15) is 0 Å². The second-order valence-corrected chi connectivity index (χ2v) is 6.51. The molecule has 0 fully saturated rings. The third-order valence-corrected chi connectivity index (χ3v) is 4.54. The maximum Gasteiger partial charge on any atom is 0.124 e. The fraction of sp³-hybridized carbons (Fsp3) is 0.333. The lowest BCUT2D eigenvalue weighted by molar-refractivity contribution is 0.251. The molecule has 0 saturated heterocycles. The van der Waals surface area contributed by atoms with E-state index in [-0.39, 0.29) is 0 Å². The molecule has 0 aliphatic carbocycles. The zero-order chi connectivity index (χ0) is 14.7. The van der Waals surface area contributed by atoms with E-state index in [1.165, 1.54) is 11.1 Å². The molecule has 1 aliphatic rings. The lowest BCUT2D eigenvalue weighted by Gasteiger charge is -2.28. The zero-order valence-corrected chi connectivity index (χ0v) is 13.8. The monoisotopic (exact) mass is 345 g/mol. The first-order valence-electron chi connectivity index (χ1n) is 7.44. The Morgan fingerprint density at radius 3 is 2.86 bits per heavy atom. The molecular weight excluding hydrogens is 326 g/mol. The van der Waals surface area contributed by atoms with Crippen molar-refractivity contribution in [1.82, 2.24) is 5.32 Å². The van der Waals surface area contributed by atoms with Gasteiger partial charge in [-0.2, -0.15) is 0 Å². The van der Waals surface area contributed by atoms with Crippen molar-refractivity contribution >= 4 is 15.9 Å². The number of ether oxygens (including phenoxy) is 1. The topological polar surface area (TPSA) is 21.3 Å². The van der Waals surface area contributed by atoms with Gasteiger partial charge in [0.1, 0.15) is 5.75 Å². The Kier molecular flexibility index (Phi) is 4.61. The van der Waals surface area contributed by atoms with Crippen LogP contribution in [0.25, 0.3) is 0 Å². The van der Waals surface area contributed by atoms with Gasteiger partial charge in [-0.1, -0.05) is 53.2 Å². The van der Waals surface area contributed by atoms with Crippen molar-refractivity contribution in [3.05, 3.63) is 64.1 Å². The van der Waals surface area contributed by atoms with Crippen molar-refractivity contribution in [2.45, 2.75) is 25.3 Å². The van der Waals surface area contributed by atoms with Crippen LogP contribution < -0.4 is 10.1 Å². The molecular formula is C18H20BrNO. The van der Waals surface area contributed by atoms with Gasteiger partial charge in [-0.3, -0.25) is 0 Å². The van der Waals surface area contributed by atoms with Crippen molar-refractivity contribution in [3.63, 3.8) is 0 Å². The Morgan fingerprint density at radius 2 is 2.05 bits per heavy atom. The number of benzene rings is 2. The lowest BCUT2D eigenvalue weighted by atomic mass is 9.97. The molecule has 3 rings (SSSR count). The van der Waals surface area contributed by atoms with Crippen LogP contribution in [0, 0.1) is 0 Å². The smallest absolute Gasteiger partial charge is 0.124 e. The summed E-state index contributed by atoms with van der Waals surface area (Å²) >= 11 is 3.55. The number of halogens is 1. The molecule has 1 aliphatic heterocycles. The molecule has 2 nitrogen and oxygen atoms in total. The highest BCUT2D eigenvalue weighted by atomic mass is 79.9. The summed E-state index contributed by atoms with van der Waals surface area (Å²) in [4.78, 5) is 0. The summed E-state index contributed by atoms with van der Waals surface area (Å²) in [6.45, 7) is 4.02. The van der Waals surface area contributed by atoms with E-state index in [4.69, 9.17) is 4.74 Å². The standard InChI is InChI=1S/C18H20BrNO/c1-13(14-5-3-2-4-6-14)12-20-17-9-10-21-18-8-7-15(19)11-16(17)18/h2-8,11,13,17,20H,9-10,12H2,1H3. The van der Waals surface area contributed by atoms with Gasteiger partial charge >= 0.3 is 0 Å². The first kappa shape index (κ1) is 14.6. The third-order valence-electron chi connectivity index (χ3n) is 4.05. The van der Waals surface area contributed by atoms with Crippen molar-refractivity contribution in [2.75, 3.05) is 13.2 Å². The SMILES string of the molecule is CC(CNC1CCOc2ccc(Br)cc21)c1ccccc1. The highest BCUT2D eigenvalue weighted by Gasteiger charge is 2.21. The summed E-state index contributed by atoms with van der Waals surface area (Å²) in [5, 5.41) is 3.70. The maximum absolute atomic E-state index is 5.74. The summed E-state index contributed by atoms with van der Waals surface area (Å²) in [5.74, 6) is 1.51. The minimum atomic E-state index is 0.373. The van der Waals surface area contributed by atoms with Crippen LogP contribution in [0.4, 0.5) is 0 Å². The summed E-state index contributed by atoms with van der Waals surface area (Å²) in [5.41, 5.74) is 2.64. The first-order valence-corrected chi connectivity index (χ1v) is 8.24. The molecule has 0 radical (unpaired) electrons. The normalized spacial score (nSPS) is 18.7. The second-order valence-electron chi connectivity index (χ2n) is 5.59. The molecule has 0 aromatic heterocycles. The van der Waals surface area contributed by atoms with E-state index in [0.29, 0.717) is 12.0 Å². The number of fused-ring (bicyclic) bond motifs is 1. The average Bonchev–Trinajstić information content (AvgIpc) is 2.53. The molecule has 1 heterocycles. The van der Waals surface area contributed by atoms with Gasteiger partial charge < -0.3 is 10.1 Å². The molecule has 2 unspecified atom stereocenters. The minimum absolute atomic E-state index is 0.373. The number of hydrogen-bond acceptors (Lipinski definition) is 2. The number of hydrogen-bond donors (Lipinski definition) is 1. The fourth-order valence-electron chi connectivity index (χ4n) is 2.80. The highest BCUT2D eigenvalue weighted by molar-refractivity contribution is 9.10. The van der Waals surface area contributed by atoms with Crippen LogP contribution in [-0.4, -0.2) is 13.2 Å². The first-order chi connectivity index (χ1) is 10.2. The largest absolute Gasteiger partial charge is 0.493 e. The van der Waals surface area contributed by atoms with Gasteiger partial charge in [0.15, 0.2) is 0 Å². The molecule has 2 atom stereocenters. The van der Waals surface area contributed by atoms with E-state index in [1.807, 2.05) is 12.1 Å². The van der Waals surface area contributed by atoms with Crippen molar-refractivity contribution in [3.8, 4) is 5.75 Å². The van der Waals surface area contributed by atoms with Crippen LogP contribution in [0.3, 0.4) is 0 Å². The molecule has 0 bridgehead atoms. The highest BCUT2D eigenvalue weighted by Crippen LogP contribution is 2.34. The summed E-state index contributed by atoms with van der Waals surface area (Å²) in [7, 11) is 0. The lowest BCUT2D eigenvalue weighted by Crippen LogP contribution is -2.29. The molecule has 2 aromatic rings. The van der Waals surface area contributed by atoms with Crippen molar-refractivity contribution < 1.29 is 4.74 Å². The van der Waals surface area contributed by atoms with E-state index < -0.39 is 0 Å². The predicted molar refractivity (Wildman–Crippen MR) is 89.9 cm³/mol. The summed E-state index contributed by atoms with van der Waals surface area (Å²) in [6, 6.07) is 17.3. The Hall–Kier alpha value is -1.32. The molecule has 21 heavy (non-hydrogen) atoms. The second kappa shape index (κ2) is 6.63. The fourth-order valence-corrected chi connectivity index (χ4v) is 3.17. The quantitative estimate of drug-likeness (QED) is 0.869. The van der Waals surface area contributed by atoms with Crippen LogP contribution in [0.1, 0.15) is 36.4 Å². The third kappa shape index (κ3) is 3.47. The van der Waals surface area contributed by atoms with Crippen LogP contribution in [0.5, 0.6) is 5.75 Å². The van der Waals surface area contributed by atoms with Gasteiger partial charge in [-0.25, -0.2) is 0 Å². The van der Waals surface area contributed by atoms with Crippen LogP contribution in [0.15, 0.2) is 53.0 Å². The number of rotatable bonds is 4. The van der Waals surface area contributed by atoms with Crippen LogP contribution in [-0.2, 0) is 0 Å². The van der Waals surface area contributed by atoms with Crippen LogP contribution >= 0.6 is 15.9 Å². The Balaban J connectivity index is 1.68. The van der Waals surface area contributed by atoms with Gasteiger partial charge in [-0.05, 0) is 29.7 Å². The molecule has 1 N–H and O–H groups in total. The van der Waals surface area contributed by atoms with E-state index >= 15 is 0 Å². The van der Waals surface area contributed by atoms with Gasteiger partial charge in [0.25, 0.3) is 0 Å². The van der Waals surface area contributed by atoms with Crippen LogP contribution in [0.2, 0.25) is 0 Å². The van der Waals surface area contributed by atoms with E-state index in [1.54, 1.807) is 0 Å². The molecule has 0 amide bonds. The van der Waals surface area contributed by atoms with Gasteiger partial charge in [0, 0.05) is 29.0 Å². The molecule has 110 valence electrons. The average molecular weight is 346 g/mol. The zero-order valence-electron chi connectivity index (χ0n) is 12.2. The number of nitrogens with one attached hydrogen (secondary N) is 1. The Labute approximate surface area is 134 Å². The van der Waals surface area contributed by atoms with E-state index in [0.717, 1.165) is 29.8 Å². The molecule has 3 heteroatoms. The minimum Gasteiger partial charge on any atom is -0.493 e.